The second-order valence-electron chi connectivity index (χ2n) is 4.70. The third-order valence-corrected chi connectivity index (χ3v) is 3.78. The van der Waals surface area contributed by atoms with Crippen molar-refractivity contribution in [3.63, 3.8) is 0 Å². The van der Waals surface area contributed by atoms with Crippen molar-refractivity contribution >= 4 is 34.2 Å². The Balaban J connectivity index is 2.06. The lowest BCUT2D eigenvalue weighted by atomic mass is 10.1. The maximum Gasteiger partial charge on any atom is 0.152 e. The second-order valence-corrected chi connectivity index (χ2v) is 5.54. The van der Waals surface area contributed by atoms with Crippen LogP contribution in [0.4, 0.5) is 0 Å². The highest BCUT2D eigenvalue weighted by Gasteiger charge is 2.19. The van der Waals surface area contributed by atoms with Crippen LogP contribution in [0.2, 0.25) is 10.0 Å². The van der Waals surface area contributed by atoms with E-state index >= 15 is 0 Å². The molecule has 3 aromatic rings. The topological polar surface area (TPSA) is 38.1 Å². The number of furan rings is 1. The summed E-state index contributed by atoms with van der Waals surface area (Å²) in [5.41, 5.74) is 1.56. The minimum Gasteiger partial charge on any atom is -0.457 e. The number of halogens is 2. The second kappa shape index (κ2) is 6.06. The van der Waals surface area contributed by atoms with Crippen molar-refractivity contribution in [1.29, 1.82) is 0 Å². The fourth-order valence-electron chi connectivity index (χ4n) is 2.30. The Morgan fingerprint density at radius 3 is 2.76 bits per heavy atom. The van der Waals surface area contributed by atoms with Gasteiger partial charge in [-0.05, 0) is 30.8 Å². The van der Waals surface area contributed by atoms with Gasteiger partial charge in [0.2, 0.25) is 0 Å². The van der Waals surface area contributed by atoms with Crippen LogP contribution in [0.25, 0.3) is 11.0 Å². The third-order valence-electron chi connectivity index (χ3n) is 3.25. The van der Waals surface area contributed by atoms with Crippen molar-refractivity contribution in [2.24, 2.45) is 0 Å². The van der Waals surface area contributed by atoms with Gasteiger partial charge in [-0.15, -0.1) is 0 Å². The fraction of sp³-hybridized carbons (Fsp3) is 0.188. The van der Waals surface area contributed by atoms with Crippen LogP contribution in [-0.4, -0.2) is 11.5 Å². The van der Waals surface area contributed by atoms with Crippen molar-refractivity contribution in [3.05, 3.63) is 64.1 Å². The van der Waals surface area contributed by atoms with Gasteiger partial charge < -0.3 is 9.73 Å². The van der Waals surface area contributed by atoms with E-state index in [9.17, 15) is 0 Å². The van der Waals surface area contributed by atoms with Gasteiger partial charge in [0.1, 0.15) is 11.8 Å². The first kappa shape index (κ1) is 14.4. The van der Waals surface area contributed by atoms with Crippen LogP contribution < -0.4 is 5.32 Å². The smallest absolute Gasteiger partial charge is 0.152 e. The molecule has 0 spiro atoms. The van der Waals surface area contributed by atoms with Crippen molar-refractivity contribution in [3.8, 4) is 0 Å². The zero-order chi connectivity index (χ0) is 14.8. The molecule has 0 aliphatic heterocycles. The van der Waals surface area contributed by atoms with Crippen molar-refractivity contribution < 1.29 is 4.42 Å². The first-order valence-electron chi connectivity index (χ1n) is 6.72. The molecule has 0 saturated heterocycles. The molecule has 1 N–H and O–H groups in total. The molecule has 0 amide bonds. The summed E-state index contributed by atoms with van der Waals surface area (Å²) in [6.45, 7) is 2.83. The summed E-state index contributed by atoms with van der Waals surface area (Å²) in [6.07, 6.45) is 1.64. The van der Waals surface area contributed by atoms with E-state index in [1.165, 1.54) is 0 Å². The van der Waals surface area contributed by atoms with Crippen molar-refractivity contribution in [2.45, 2.75) is 13.0 Å². The van der Waals surface area contributed by atoms with Gasteiger partial charge in [0.15, 0.2) is 5.58 Å². The molecule has 0 aliphatic carbocycles. The number of rotatable bonds is 4. The average Bonchev–Trinajstić information content (AvgIpc) is 2.91. The summed E-state index contributed by atoms with van der Waals surface area (Å²) in [5.74, 6) is 0.787. The maximum absolute atomic E-state index is 6.17. The number of pyridine rings is 1. The van der Waals surface area contributed by atoms with E-state index in [1.807, 2.05) is 43.3 Å². The Kier molecular flexibility index (Phi) is 4.15. The molecule has 3 nitrogen and oxygen atoms in total. The minimum atomic E-state index is -0.129. The maximum atomic E-state index is 6.17. The van der Waals surface area contributed by atoms with E-state index in [4.69, 9.17) is 27.6 Å². The molecule has 1 unspecified atom stereocenters. The zero-order valence-electron chi connectivity index (χ0n) is 11.4. The Morgan fingerprint density at radius 1 is 1.24 bits per heavy atom. The van der Waals surface area contributed by atoms with E-state index in [2.05, 4.69) is 10.3 Å². The lowest BCUT2D eigenvalue weighted by Gasteiger charge is -2.14. The van der Waals surface area contributed by atoms with Crippen molar-refractivity contribution in [2.75, 3.05) is 6.54 Å². The number of fused-ring (bicyclic) bond motifs is 1. The quantitative estimate of drug-likeness (QED) is 0.748. The summed E-state index contributed by atoms with van der Waals surface area (Å²) < 4.78 is 5.93. The molecular weight excluding hydrogens is 307 g/mol. The van der Waals surface area contributed by atoms with E-state index in [1.54, 1.807) is 6.20 Å². The molecule has 0 aliphatic rings. The third kappa shape index (κ3) is 2.91. The lowest BCUT2D eigenvalue weighted by molar-refractivity contribution is 0.471. The molecule has 0 radical (unpaired) electrons. The fourth-order valence-corrected chi connectivity index (χ4v) is 2.63. The molecule has 0 bridgehead atoms. The van der Waals surface area contributed by atoms with Crippen LogP contribution in [0, 0.1) is 0 Å². The SMILES string of the molecule is CCNC(c1ccc(Cl)cn1)c1cc2cccc(Cl)c2o1. The summed E-state index contributed by atoms with van der Waals surface area (Å²) in [4.78, 5) is 4.38. The molecule has 1 aromatic carbocycles. The Bertz CT molecular complexity index is 753. The molecule has 3 rings (SSSR count). The van der Waals surface area contributed by atoms with Crippen LogP contribution in [0.3, 0.4) is 0 Å². The Labute approximate surface area is 132 Å². The van der Waals surface area contributed by atoms with E-state index < -0.39 is 0 Å². The predicted octanol–water partition coefficient (Wildman–Crippen LogP) is 4.83. The number of nitrogens with one attached hydrogen (secondary N) is 1. The Morgan fingerprint density at radius 2 is 2.10 bits per heavy atom. The summed E-state index contributed by atoms with van der Waals surface area (Å²) >= 11 is 12.1. The first-order valence-corrected chi connectivity index (χ1v) is 7.47. The highest BCUT2D eigenvalue weighted by molar-refractivity contribution is 6.34. The molecule has 0 saturated carbocycles. The van der Waals surface area contributed by atoms with Gasteiger partial charge in [-0.2, -0.15) is 0 Å². The van der Waals surface area contributed by atoms with Crippen LogP contribution in [0.1, 0.15) is 24.4 Å². The number of nitrogens with zero attached hydrogens (tertiary/aromatic N) is 1. The first-order chi connectivity index (χ1) is 10.2. The molecule has 1 atom stereocenters. The van der Waals surface area contributed by atoms with Crippen LogP contribution in [0.5, 0.6) is 0 Å². The van der Waals surface area contributed by atoms with Crippen LogP contribution in [0.15, 0.2) is 47.0 Å². The van der Waals surface area contributed by atoms with Gasteiger partial charge in [-0.3, -0.25) is 4.98 Å². The summed E-state index contributed by atoms with van der Waals surface area (Å²) in [5, 5.41) is 5.58. The molecular formula is C16H14Cl2N2O. The average molecular weight is 321 g/mol. The Hall–Kier alpha value is -1.55. The standard InChI is InChI=1S/C16H14Cl2N2O/c1-2-19-15(13-7-6-11(17)9-20-13)14-8-10-4-3-5-12(18)16(10)21-14/h3-9,15,19H,2H2,1H3. The molecule has 2 aromatic heterocycles. The highest BCUT2D eigenvalue weighted by atomic mass is 35.5. The van der Waals surface area contributed by atoms with Gasteiger partial charge in [0.25, 0.3) is 0 Å². The summed E-state index contributed by atoms with van der Waals surface area (Å²) in [7, 11) is 0. The van der Waals surface area contributed by atoms with Crippen LogP contribution in [-0.2, 0) is 0 Å². The van der Waals surface area contributed by atoms with Crippen molar-refractivity contribution in [1.82, 2.24) is 10.3 Å². The molecule has 0 fully saturated rings. The monoisotopic (exact) mass is 320 g/mol. The largest absolute Gasteiger partial charge is 0.457 e. The van der Waals surface area contributed by atoms with E-state index in [0.29, 0.717) is 15.6 Å². The van der Waals surface area contributed by atoms with Gasteiger partial charge >= 0.3 is 0 Å². The van der Waals surface area contributed by atoms with Gasteiger partial charge in [-0.1, -0.05) is 42.3 Å². The van der Waals surface area contributed by atoms with Gasteiger partial charge in [0, 0.05) is 11.6 Å². The number of hydrogen-bond acceptors (Lipinski definition) is 3. The normalized spacial score (nSPS) is 12.7. The highest BCUT2D eigenvalue weighted by Crippen LogP contribution is 2.31. The number of benzene rings is 1. The van der Waals surface area contributed by atoms with E-state index in [0.717, 1.165) is 23.4 Å². The molecule has 108 valence electrons. The lowest BCUT2D eigenvalue weighted by Crippen LogP contribution is -2.22. The number of para-hydroxylation sites is 1. The number of aromatic nitrogens is 1. The number of hydrogen-bond donors (Lipinski definition) is 1. The summed E-state index contributed by atoms with van der Waals surface area (Å²) in [6, 6.07) is 11.3. The molecule has 5 heteroatoms. The zero-order valence-corrected chi connectivity index (χ0v) is 12.9. The molecule has 2 heterocycles. The minimum absolute atomic E-state index is 0.129. The molecule has 21 heavy (non-hydrogen) atoms. The van der Waals surface area contributed by atoms with Gasteiger partial charge in [-0.25, -0.2) is 0 Å². The predicted molar refractivity (Wildman–Crippen MR) is 86.0 cm³/mol. The van der Waals surface area contributed by atoms with Gasteiger partial charge in [0.05, 0.1) is 15.7 Å². The van der Waals surface area contributed by atoms with E-state index in [-0.39, 0.29) is 6.04 Å². The van der Waals surface area contributed by atoms with Crippen LogP contribution >= 0.6 is 23.2 Å².